The third-order valence-electron chi connectivity index (χ3n) is 23.0. The van der Waals surface area contributed by atoms with E-state index in [2.05, 4.69) is 109 Å². The summed E-state index contributed by atoms with van der Waals surface area (Å²) in [5.74, 6) is -18.4. The lowest BCUT2D eigenvalue weighted by atomic mass is 9.99. The third kappa shape index (κ3) is 34.2. The van der Waals surface area contributed by atoms with Crippen molar-refractivity contribution in [2.24, 2.45) is 33.7 Å². The third-order valence-corrected chi connectivity index (χ3v) is 23.6. The second kappa shape index (κ2) is 53.3. The maximum atomic E-state index is 15.0. The van der Waals surface area contributed by atoms with E-state index < -0.39 is 234 Å². The minimum absolute atomic E-state index is 0.00316. The molecule has 746 valence electrons. The first-order valence-corrected chi connectivity index (χ1v) is 45.9. The molecule has 0 saturated carbocycles. The number of aliphatic carboxylic acids is 1. The maximum absolute atomic E-state index is 15.0. The van der Waals surface area contributed by atoms with Gasteiger partial charge in [-0.05, 0) is 113 Å². The van der Waals surface area contributed by atoms with Crippen molar-refractivity contribution in [2.45, 2.75) is 219 Å². The molecule has 3 aliphatic heterocycles. The fourth-order valence-corrected chi connectivity index (χ4v) is 16.1. The minimum atomic E-state index is -1.86. The second-order valence-corrected chi connectivity index (χ2v) is 35.7. The Labute approximate surface area is 805 Å². The van der Waals surface area contributed by atoms with E-state index in [0.717, 1.165) is 11.8 Å². The van der Waals surface area contributed by atoms with Gasteiger partial charge in [-0.3, -0.25) is 91.3 Å². The zero-order chi connectivity index (χ0) is 101. The van der Waals surface area contributed by atoms with Crippen LogP contribution in [0.25, 0.3) is 0 Å². The van der Waals surface area contributed by atoms with Crippen LogP contribution in [0, 0.1) is 0 Å². The van der Waals surface area contributed by atoms with E-state index in [1.165, 1.54) is 60.4 Å². The first kappa shape index (κ1) is 109. The SMILES string of the molecule is C[C@@H](O)[C@H](NC(=O)[C@@H](NC(=O)[C@H](Cc1ccccc1)NC(=O)[C@H](CCCN=C(N)N)NC(=O)[C@@H](N)CCC(N)=O)C(C)(C)S)C(=O)NCC(=O)N[C@@H](Cc1cnc[nH]1)C(=O)N[C@@H](Cc1ccccc1)C(=O)N[C@H](Cc1ccccc1)C(=O)NCC(=O)N1CCC[C@H]1C(=O)N[C@@H](Cc1ccc(O)cc1)C(=O)N1CCC[C@H]1C(=O)N[C@@H](CS)C(=O)N[C@@H](CC(N)=O)C(=O)NCC(=O)N1CCC[C@H]1C(=O)O. The molecule has 0 unspecified atom stereocenters. The molecular formula is C90H122N24O22S2. The summed E-state index contributed by atoms with van der Waals surface area (Å²) in [6, 6.07) is 10.3. The standard InChI is InChI=1S/C90H122N24O22S2/c1-49(115)73(110-86(133)74(90(2,3)138)111-81(128)60(39-52-21-11-6-12-22-52)105-78(125)57(23-13-33-97-89(94)95)103-75(122)56(91)31-32-68(92)117)85(132)98-44-70(119)102-61(41-54-43-96-48-101-54)80(127)106-59(38-51-19-9-5-10-20-51)79(126)104-58(37-50-17-7-4-8-18-50)76(123)99-45-71(120)112-34-14-24-65(112)83(130)108-63(40-53-27-29-55(116)30-28-53)87(134)114-36-15-25-66(114)84(131)109-64(47-137)82(129)107-62(42-69(93)118)77(124)100-46-72(121)113-35-16-26-67(113)88(135)136/h4-12,17-22,27-30,43,48-49,56-67,73-74,115-116,137-138H,13-16,23-26,31-42,44-47,91H2,1-3H3,(H2,92,117)(H2,93,118)(H,96,101)(H,98,132)(H,99,123)(H,100,124)(H,102,119)(H,103,122)(H,104,126)(H,105,125)(H,106,127)(H,107,129)(H,108,130)(H,109,131)(H,110,133)(H,111,128)(H,135,136)(H4,94,95,97)/t49-,56+,57+,58-,59+,60+,61+,62+,63+,64+,65+,66+,67+,73+,74-/m1/s1. The van der Waals surface area contributed by atoms with Crippen LogP contribution in [-0.2, 0) is 123 Å². The van der Waals surface area contributed by atoms with E-state index in [0.29, 0.717) is 34.4 Å². The Bertz CT molecular complexity index is 5140. The van der Waals surface area contributed by atoms with E-state index in [9.17, 15) is 102 Å². The van der Waals surface area contributed by atoms with Gasteiger partial charge in [0.15, 0.2) is 5.96 Å². The lowest BCUT2D eigenvalue weighted by Gasteiger charge is -2.33. The number of nitrogens with two attached hydrogens (primary N) is 5. The summed E-state index contributed by atoms with van der Waals surface area (Å²) in [4.78, 5) is 278. The summed E-state index contributed by atoms with van der Waals surface area (Å²) in [6.45, 7) is 1.81. The van der Waals surface area contributed by atoms with Gasteiger partial charge in [-0.2, -0.15) is 25.3 Å². The molecule has 3 fully saturated rings. The molecule has 27 N–H and O–H groups in total. The number of carboxylic acid groups (broad SMARTS) is 1. The van der Waals surface area contributed by atoms with Gasteiger partial charge >= 0.3 is 5.97 Å². The van der Waals surface area contributed by atoms with Crippen LogP contribution >= 0.6 is 25.3 Å². The normalized spacial score (nSPS) is 17.1. The highest BCUT2D eigenvalue weighted by molar-refractivity contribution is 7.81. The first-order valence-electron chi connectivity index (χ1n) is 44.8. The molecule has 5 aromatic rings. The average Bonchev–Trinajstić information content (AvgIpc) is 1.72. The van der Waals surface area contributed by atoms with E-state index >= 15 is 4.79 Å². The molecule has 0 aliphatic carbocycles. The van der Waals surface area contributed by atoms with Gasteiger partial charge in [0, 0.05) is 87.1 Å². The Morgan fingerprint density at radius 1 is 0.486 bits per heavy atom. The number of aliphatic hydroxyl groups excluding tert-OH is 1. The number of carboxylic acids is 1. The Morgan fingerprint density at radius 2 is 0.920 bits per heavy atom. The number of nitrogens with zero attached hydrogens (tertiary/aromatic N) is 5. The number of imidazole rings is 1. The number of amides is 18. The van der Waals surface area contributed by atoms with E-state index in [-0.39, 0.29) is 134 Å². The number of carbonyl (C=O) groups excluding carboxylic acids is 18. The molecule has 0 bridgehead atoms. The number of carbonyl (C=O) groups is 19. The summed E-state index contributed by atoms with van der Waals surface area (Å²) in [5, 5.41) is 64.0. The number of benzene rings is 4. The molecule has 0 spiro atoms. The monoisotopic (exact) mass is 1950 g/mol. The molecule has 3 saturated heterocycles. The van der Waals surface area contributed by atoms with Crippen LogP contribution in [0.1, 0.15) is 119 Å². The number of phenols is 1. The predicted octanol–water partition coefficient (Wildman–Crippen LogP) is -6.58. The molecule has 0 radical (unpaired) electrons. The fraction of sp³-hybridized carbons (Fsp3) is 0.478. The number of H-pyrrole nitrogens is 1. The Kier molecular flexibility index (Phi) is 42.1. The topological polar surface area (TPSA) is 722 Å². The van der Waals surface area contributed by atoms with Gasteiger partial charge < -0.3 is 133 Å². The zero-order valence-electron chi connectivity index (χ0n) is 76.4. The number of primary amides is 2. The molecule has 18 amide bonds. The van der Waals surface area contributed by atoms with Crippen molar-refractivity contribution in [3.63, 3.8) is 0 Å². The number of likely N-dealkylation sites (tertiary alicyclic amines) is 3. The van der Waals surface area contributed by atoms with Gasteiger partial charge in [-0.25, -0.2) is 9.78 Å². The smallest absolute Gasteiger partial charge is 0.326 e. The van der Waals surface area contributed by atoms with Gasteiger partial charge in [0.1, 0.15) is 84.3 Å². The van der Waals surface area contributed by atoms with Gasteiger partial charge in [0.25, 0.3) is 0 Å². The highest BCUT2D eigenvalue weighted by Gasteiger charge is 2.45. The molecule has 8 rings (SSSR count). The van der Waals surface area contributed by atoms with Gasteiger partial charge in [-0.1, -0.05) is 103 Å². The second-order valence-electron chi connectivity index (χ2n) is 34.2. The lowest BCUT2D eigenvalue weighted by Crippen LogP contribution is -2.64. The fourth-order valence-electron chi connectivity index (χ4n) is 15.7. The molecule has 4 heterocycles. The van der Waals surface area contributed by atoms with Crippen LogP contribution in [0.5, 0.6) is 5.75 Å². The van der Waals surface area contributed by atoms with Crippen molar-refractivity contribution in [3.8, 4) is 5.75 Å². The van der Waals surface area contributed by atoms with Crippen LogP contribution in [-0.4, -0.2) is 305 Å². The van der Waals surface area contributed by atoms with Gasteiger partial charge in [0.05, 0.1) is 44.5 Å². The lowest BCUT2D eigenvalue weighted by molar-refractivity contribution is -0.148. The molecule has 48 heteroatoms. The number of thiol groups is 2. The van der Waals surface area contributed by atoms with Crippen molar-refractivity contribution in [1.82, 2.24) is 93.8 Å². The Morgan fingerprint density at radius 3 is 1.41 bits per heavy atom. The molecule has 1 aromatic heterocycles. The number of rotatable bonds is 52. The van der Waals surface area contributed by atoms with Crippen molar-refractivity contribution in [1.29, 1.82) is 0 Å². The molecule has 3 aliphatic rings. The van der Waals surface area contributed by atoms with Crippen molar-refractivity contribution in [3.05, 3.63) is 156 Å². The number of aromatic hydroxyl groups is 1. The summed E-state index contributed by atoms with van der Waals surface area (Å²) >= 11 is 8.86. The van der Waals surface area contributed by atoms with Crippen LogP contribution in [0.3, 0.4) is 0 Å². The minimum Gasteiger partial charge on any atom is -0.508 e. The quantitative estimate of drug-likeness (QED) is 0.00745. The van der Waals surface area contributed by atoms with E-state index in [1.807, 2.05) is 0 Å². The van der Waals surface area contributed by atoms with Crippen LogP contribution in [0.15, 0.2) is 133 Å². The summed E-state index contributed by atoms with van der Waals surface area (Å²) in [5.41, 5.74) is 30.1. The number of aromatic nitrogens is 2. The number of aliphatic imine (C=N–C) groups is 1. The summed E-state index contributed by atoms with van der Waals surface area (Å²) < 4.78 is -1.49. The molecule has 15 atom stereocenters. The van der Waals surface area contributed by atoms with Gasteiger partial charge in [-0.15, -0.1) is 0 Å². The summed E-state index contributed by atoms with van der Waals surface area (Å²) in [6.07, 6.45) is -0.0278. The molecule has 4 aromatic carbocycles. The van der Waals surface area contributed by atoms with E-state index in [1.54, 1.807) is 91.0 Å². The number of hydrogen-bond acceptors (Lipinski definition) is 26. The highest BCUT2D eigenvalue weighted by Crippen LogP contribution is 2.26. The van der Waals surface area contributed by atoms with Crippen LogP contribution in [0.4, 0.5) is 0 Å². The number of nitrogens with one attached hydrogen (secondary N) is 14. The van der Waals surface area contributed by atoms with Gasteiger partial charge in [0.2, 0.25) is 106 Å². The maximum Gasteiger partial charge on any atom is 0.326 e. The van der Waals surface area contributed by atoms with Crippen molar-refractivity contribution in [2.75, 3.05) is 51.6 Å². The van der Waals surface area contributed by atoms with Crippen molar-refractivity contribution >= 4 is 144 Å². The van der Waals surface area contributed by atoms with Crippen LogP contribution in [0.2, 0.25) is 0 Å². The highest BCUT2D eigenvalue weighted by atomic mass is 32.1. The average molecular weight is 1960 g/mol. The number of guanidine groups is 1. The number of aromatic amines is 1. The number of phenolic OH excluding ortho intramolecular Hbond substituents is 1. The number of aliphatic hydroxyl groups is 1. The number of hydrogen-bond donors (Lipinski definition) is 24. The Hall–Kier alpha value is -14.3. The first-order chi connectivity index (χ1) is 65.6. The molecular weight excluding hydrogens is 1830 g/mol. The molecule has 46 nitrogen and oxygen atoms in total. The molecule has 138 heavy (non-hydrogen) atoms. The van der Waals surface area contributed by atoms with E-state index in [4.69, 9.17) is 28.7 Å². The largest absolute Gasteiger partial charge is 0.508 e. The Balaban J connectivity index is 0.924. The predicted molar refractivity (Wildman–Crippen MR) is 503 cm³/mol. The van der Waals surface area contributed by atoms with Crippen LogP contribution < -0.4 is 97.8 Å². The van der Waals surface area contributed by atoms with Crippen molar-refractivity contribution < 1.29 is 106 Å². The summed E-state index contributed by atoms with van der Waals surface area (Å²) in [7, 11) is 0. The zero-order valence-corrected chi connectivity index (χ0v) is 78.2.